The van der Waals surface area contributed by atoms with Crippen LogP contribution in [0, 0.1) is 0 Å². The number of aromatic nitrogens is 1. The number of hydrogen-bond donors (Lipinski definition) is 2. The van der Waals surface area contributed by atoms with Gasteiger partial charge in [0.15, 0.2) is 16.5 Å². The maximum atomic E-state index is 11.2. The van der Waals surface area contributed by atoms with Crippen LogP contribution in [0.4, 0.5) is 11.6 Å². The Labute approximate surface area is 152 Å². The van der Waals surface area contributed by atoms with Gasteiger partial charge in [0.05, 0.1) is 18.9 Å². The molecule has 3 heterocycles. The zero-order chi connectivity index (χ0) is 18.3. The van der Waals surface area contributed by atoms with Crippen LogP contribution in [0.1, 0.15) is 27.2 Å². The van der Waals surface area contributed by atoms with Crippen LogP contribution in [-0.4, -0.2) is 29.0 Å². The van der Waals surface area contributed by atoms with Crippen LogP contribution >= 0.6 is 11.3 Å². The summed E-state index contributed by atoms with van der Waals surface area (Å²) in [7, 11) is 1.59. The van der Waals surface area contributed by atoms with E-state index in [9.17, 15) is 4.79 Å². The molecule has 8 nitrogen and oxygen atoms in total. The highest BCUT2D eigenvalue weighted by Crippen LogP contribution is 2.38. The number of nitrogens with two attached hydrogens (primary N) is 1. The fraction of sp³-hybridized carbons (Fsp3) is 0.118. The number of amidine groups is 1. The van der Waals surface area contributed by atoms with Gasteiger partial charge in [0.25, 0.3) is 0 Å². The lowest BCUT2D eigenvalue weighted by Gasteiger charge is -2.33. The summed E-state index contributed by atoms with van der Waals surface area (Å²) in [6.45, 7) is 0. The molecular formula is C17H14N4O4S. The lowest BCUT2D eigenvalue weighted by atomic mass is 10.1. The van der Waals surface area contributed by atoms with E-state index in [1.807, 2.05) is 24.3 Å². The molecule has 0 fully saturated rings. The summed E-state index contributed by atoms with van der Waals surface area (Å²) < 4.78 is 10.6. The number of carboxylic acids is 1. The molecule has 1 aliphatic rings. The van der Waals surface area contributed by atoms with Crippen LogP contribution in [0.25, 0.3) is 0 Å². The van der Waals surface area contributed by atoms with Crippen molar-refractivity contribution in [2.45, 2.75) is 6.17 Å². The number of aromatic carboxylic acids is 1. The lowest BCUT2D eigenvalue weighted by Crippen LogP contribution is -2.42. The molecule has 4 rings (SSSR count). The molecule has 0 radical (unpaired) electrons. The fourth-order valence-electron chi connectivity index (χ4n) is 2.70. The van der Waals surface area contributed by atoms with Crippen LogP contribution in [0.5, 0.6) is 5.75 Å². The third kappa shape index (κ3) is 2.63. The first kappa shape index (κ1) is 16.3. The standard InChI is InChI=1S/C17H14N4O4S/c1-24-10-4-2-9(3-5-10)21-13(18)11-6-7-25-15(11)20-14(21)16-19-12(8-26-16)17(22)23/h2-8,13H,18H2,1H3,(H,22,23). The van der Waals surface area contributed by atoms with E-state index in [1.54, 1.807) is 18.1 Å². The second-order valence-corrected chi connectivity index (χ2v) is 6.33. The van der Waals surface area contributed by atoms with Gasteiger partial charge >= 0.3 is 5.97 Å². The number of hydrogen-bond acceptors (Lipinski definition) is 8. The van der Waals surface area contributed by atoms with Crippen LogP contribution in [0.2, 0.25) is 0 Å². The average molecular weight is 370 g/mol. The van der Waals surface area contributed by atoms with E-state index in [0.717, 1.165) is 11.3 Å². The highest BCUT2D eigenvalue weighted by Gasteiger charge is 2.33. The van der Waals surface area contributed by atoms with E-state index >= 15 is 0 Å². The summed E-state index contributed by atoms with van der Waals surface area (Å²) in [5, 5.41) is 11.1. The predicted octanol–water partition coefficient (Wildman–Crippen LogP) is 3.00. The molecule has 0 saturated heterocycles. The van der Waals surface area contributed by atoms with Gasteiger partial charge < -0.3 is 24.9 Å². The van der Waals surface area contributed by atoms with Crippen molar-refractivity contribution in [2.75, 3.05) is 12.0 Å². The van der Waals surface area contributed by atoms with Gasteiger partial charge in [-0.2, -0.15) is 4.99 Å². The van der Waals surface area contributed by atoms with Gasteiger partial charge in [0.2, 0.25) is 5.88 Å². The summed E-state index contributed by atoms with van der Waals surface area (Å²) in [5.74, 6) is 0.444. The molecule has 0 spiro atoms. The molecule has 1 aromatic carbocycles. The Balaban J connectivity index is 1.84. The Hall–Kier alpha value is -3.17. The molecule has 0 saturated carbocycles. The minimum absolute atomic E-state index is 0.0406. The third-order valence-corrected chi connectivity index (χ3v) is 4.81. The van der Waals surface area contributed by atoms with Crippen LogP contribution in [0.3, 0.4) is 0 Å². The largest absolute Gasteiger partial charge is 0.497 e. The quantitative estimate of drug-likeness (QED) is 0.725. The predicted molar refractivity (Wildman–Crippen MR) is 96.4 cm³/mol. The number of aliphatic imine (C=N–C) groups is 1. The first-order valence-corrected chi connectivity index (χ1v) is 8.50. The topological polar surface area (TPSA) is 114 Å². The van der Waals surface area contributed by atoms with Crippen molar-refractivity contribution in [3.8, 4) is 5.75 Å². The summed E-state index contributed by atoms with van der Waals surface area (Å²) >= 11 is 1.18. The van der Waals surface area contributed by atoms with Crippen molar-refractivity contribution in [3.05, 3.63) is 58.2 Å². The van der Waals surface area contributed by atoms with Crippen molar-refractivity contribution >= 4 is 34.7 Å². The molecule has 1 aliphatic heterocycles. The first-order valence-electron chi connectivity index (χ1n) is 7.62. The molecule has 3 aromatic rings. The van der Waals surface area contributed by atoms with Gasteiger partial charge in [0, 0.05) is 11.1 Å². The highest BCUT2D eigenvalue weighted by molar-refractivity contribution is 7.12. The molecule has 1 atom stereocenters. The van der Waals surface area contributed by atoms with Crippen molar-refractivity contribution in [1.29, 1.82) is 0 Å². The van der Waals surface area contributed by atoms with E-state index in [2.05, 4.69) is 9.98 Å². The summed E-state index contributed by atoms with van der Waals surface area (Å²) in [6, 6.07) is 9.10. The van der Waals surface area contributed by atoms with E-state index < -0.39 is 12.1 Å². The molecule has 0 aliphatic carbocycles. The molecule has 3 N–H and O–H groups in total. The van der Waals surface area contributed by atoms with Gasteiger partial charge in [0.1, 0.15) is 11.9 Å². The molecular weight excluding hydrogens is 356 g/mol. The Morgan fingerprint density at radius 2 is 2.12 bits per heavy atom. The fourth-order valence-corrected chi connectivity index (χ4v) is 3.48. The van der Waals surface area contributed by atoms with Crippen LogP contribution in [0.15, 0.2) is 51.4 Å². The summed E-state index contributed by atoms with van der Waals surface area (Å²) in [6.07, 6.45) is 0.968. The van der Waals surface area contributed by atoms with E-state index in [-0.39, 0.29) is 5.69 Å². The number of fused-ring (bicyclic) bond motifs is 1. The highest BCUT2D eigenvalue weighted by atomic mass is 32.1. The zero-order valence-electron chi connectivity index (χ0n) is 13.6. The van der Waals surface area contributed by atoms with Gasteiger partial charge in [-0.15, -0.1) is 11.3 Å². The molecule has 132 valence electrons. The number of carbonyl (C=O) groups is 1. The molecule has 2 aromatic heterocycles. The number of ether oxygens (including phenoxy) is 1. The number of benzene rings is 1. The summed E-state index contributed by atoms with van der Waals surface area (Å²) in [5.41, 5.74) is 7.92. The Morgan fingerprint density at radius 1 is 1.35 bits per heavy atom. The number of carboxylic acid groups (broad SMARTS) is 1. The first-order chi connectivity index (χ1) is 12.6. The molecule has 1 unspecified atom stereocenters. The second kappa shape index (κ2) is 6.28. The van der Waals surface area contributed by atoms with E-state index in [4.69, 9.17) is 20.0 Å². The smallest absolute Gasteiger partial charge is 0.355 e. The Bertz CT molecular complexity index is 992. The van der Waals surface area contributed by atoms with Crippen LogP contribution in [-0.2, 0) is 0 Å². The SMILES string of the molecule is COc1ccc(N2C(c3nc(C(=O)O)cs3)=Nc3occc3C2N)cc1. The minimum atomic E-state index is -1.09. The van der Waals surface area contributed by atoms with Crippen molar-refractivity contribution in [1.82, 2.24) is 4.98 Å². The normalized spacial score (nSPS) is 16.2. The summed E-state index contributed by atoms with van der Waals surface area (Å²) in [4.78, 5) is 21.6. The molecule has 0 bridgehead atoms. The maximum absolute atomic E-state index is 11.2. The Morgan fingerprint density at radius 3 is 2.77 bits per heavy atom. The molecule has 9 heteroatoms. The second-order valence-electron chi connectivity index (χ2n) is 5.47. The number of rotatable bonds is 4. The number of thiazole rings is 1. The number of anilines is 1. The maximum Gasteiger partial charge on any atom is 0.355 e. The van der Waals surface area contributed by atoms with Gasteiger partial charge in [-0.3, -0.25) is 0 Å². The third-order valence-electron chi connectivity index (χ3n) is 3.97. The zero-order valence-corrected chi connectivity index (χ0v) is 14.4. The van der Waals surface area contributed by atoms with E-state index in [1.165, 1.54) is 23.0 Å². The molecule has 0 amide bonds. The Kier molecular flexibility index (Phi) is 3.94. The lowest BCUT2D eigenvalue weighted by molar-refractivity contribution is 0.0691. The number of furan rings is 1. The van der Waals surface area contributed by atoms with Crippen LogP contribution < -0.4 is 15.4 Å². The van der Waals surface area contributed by atoms with Crippen molar-refractivity contribution in [2.24, 2.45) is 10.7 Å². The van der Waals surface area contributed by atoms with Gasteiger partial charge in [-0.25, -0.2) is 9.78 Å². The van der Waals surface area contributed by atoms with E-state index in [0.29, 0.717) is 22.5 Å². The minimum Gasteiger partial charge on any atom is -0.497 e. The number of methoxy groups -OCH3 is 1. The van der Waals surface area contributed by atoms with Gasteiger partial charge in [-0.05, 0) is 30.3 Å². The average Bonchev–Trinajstić information content (AvgIpc) is 3.31. The van der Waals surface area contributed by atoms with Crippen molar-refractivity contribution in [3.63, 3.8) is 0 Å². The number of nitrogens with zero attached hydrogens (tertiary/aromatic N) is 3. The van der Waals surface area contributed by atoms with Crippen molar-refractivity contribution < 1.29 is 19.1 Å². The van der Waals surface area contributed by atoms with Gasteiger partial charge in [-0.1, -0.05) is 0 Å². The monoisotopic (exact) mass is 370 g/mol. The molecule has 26 heavy (non-hydrogen) atoms.